The van der Waals surface area contributed by atoms with Crippen molar-refractivity contribution in [2.75, 3.05) is 85.5 Å². The van der Waals surface area contributed by atoms with E-state index in [-0.39, 0.29) is 74.9 Å². The summed E-state index contributed by atoms with van der Waals surface area (Å²) >= 11 is 0. The lowest BCUT2D eigenvalue weighted by Gasteiger charge is -2.27. The highest BCUT2D eigenvalue weighted by atomic mass is 16.6. The number of Topliss-reactive ketones (excluding diaryl/α,β-unsaturated/α-hetero) is 2. The molecule has 0 aromatic heterocycles. The van der Waals surface area contributed by atoms with E-state index in [1.54, 1.807) is 19.9 Å². The van der Waals surface area contributed by atoms with Gasteiger partial charge in [-0.25, -0.2) is 0 Å². The predicted octanol–water partition coefficient (Wildman–Crippen LogP) is -1.50. The van der Waals surface area contributed by atoms with Crippen LogP contribution in [0.1, 0.15) is 51.7 Å². The van der Waals surface area contributed by atoms with Crippen molar-refractivity contribution in [1.82, 2.24) is 47.0 Å². The largest absolute Gasteiger partial charge is 0.379 e. The Kier molecular flexibility index (Phi) is 20.0. The number of epoxide rings is 2. The molecular weight excluding hydrogens is 983 g/mol. The van der Waals surface area contributed by atoms with Crippen LogP contribution in [0.2, 0.25) is 0 Å². The lowest BCUT2D eigenvalue weighted by atomic mass is 9.94. The van der Waals surface area contributed by atoms with Gasteiger partial charge in [0.1, 0.15) is 35.4 Å². The number of hydrogen-bond acceptors (Lipinski definition) is 15. The normalized spacial score (nSPS) is 24.5. The van der Waals surface area contributed by atoms with Gasteiger partial charge in [-0.1, -0.05) is 66.7 Å². The van der Waals surface area contributed by atoms with Crippen molar-refractivity contribution in [2.24, 2.45) is 11.8 Å². The first kappa shape index (κ1) is 57.3. The molecule has 22 nitrogen and oxygen atoms in total. The molecule has 7 N–H and O–H groups in total. The molecule has 0 spiro atoms. The van der Waals surface area contributed by atoms with Gasteiger partial charge in [0.2, 0.25) is 41.4 Å². The average molecular weight is 1060 g/mol. The minimum absolute atomic E-state index is 0.0439. The van der Waals surface area contributed by atoms with Crippen molar-refractivity contribution < 1.29 is 62.1 Å². The van der Waals surface area contributed by atoms with Gasteiger partial charge in [-0.3, -0.25) is 53.0 Å². The third-order valence-corrected chi connectivity index (χ3v) is 14.3. The summed E-state index contributed by atoms with van der Waals surface area (Å²) in [6.45, 7) is 10.6. The van der Waals surface area contributed by atoms with Crippen LogP contribution >= 0.6 is 0 Å². The molecule has 7 amide bonds. The SMILES string of the molecule is CC(NC(=O)CN1CCOCC1)C(=O)NC(CNC(=O)/C=C\C1CC1CC(NC(=O)C(C)NC(=O)CN1CCOCC1)C(=O)NC(Cc1ccccc1)C(=O)C1(C)CO1)C(=O)NC(Cc1ccccc1)C(=O)C1(C)CO1. The topological polar surface area (TPSA) is 288 Å². The van der Waals surface area contributed by atoms with Crippen LogP contribution in [-0.4, -0.2) is 196 Å². The third-order valence-electron chi connectivity index (χ3n) is 14.3. The summed E-state index contributed by atoms with van der Waals surface area (Å²) in [7, 11) is 0. The zero-order valence-corrected chi connectivity index (χ0v) is 43.8. The van der Waals surface area contributed by atoms with Gasteiger partial charge in [-0.15, -0.1) is 0 Å². The predicted molar refractivity (Wildman–Crippen MR) is 275 cm³/mol. The molecule has 2 aromatic carbocycles. The number of carbonyl (C=O) groups excluding carboxylic acids is 9. The summed E-state index contributed by atoms with van der Waals surface area (Å²) in [5.41, 5.74) is -0.568. The van der Waals surface area contributed by atoms with E-state index >= 15 is 0 Å². The van der Waals surface area contributed by atoms with Crippen molar-refractivity contribution >= 4 is 52.9 Å². The Morgan fingerprint density at radius 1 is 0.579 bits per heavy atom. The number of allylic oxidation sites excluding steroid dienone is 1. The van der Waals surface area contributed by atoms with Gasteiger partial charge in [-0.05, 0) is 82.4 Å². The van der Waals surface area contributed by atoms with Crippen LogP contribution in [0, 0.1) is 11.8 Å². The van der Waals surface area contributed by atoms with Crippen molar-refractivity contribution in [2.45, 2.75) is 101 Å². The first-order valence-corrected chi connectivity index (χ1v) is 26.2. The number of carbonyl (C=O) groups is 9. The monoisotopic (exact) mass is 1060 g/mol. The van der Waals surface area contributed by atoms with Crippen molar-refractivity contribution in [3.8, 4) is 0 Å². The second kappa shape index (κ2) is 26.6. The maximum atomic E-state index is 14.3. The minimum atomic E-state index is -1.39. The standard InChI is InChI=1S/C54H73N9O13/c1-34(56-45(65)30-62-17-21-73-22-18-62)49(69)60-42(51(71)58-40(47(67)53(3)32-75-53)25-36-11-7-5-8-12-36)28-39-27-38(39)15-16-44(64)55-29-43(61-50(70)35(2)57-46(66)31-63-19-23-74-24-20-63)52(72)59-41(48(68)54(4)33-76-54)26-37-13-9-6-10-14-37/h5-16,34-35,38-43H,17-33H2,1-4H3,(H,55,64)(H,56,65)(H,57,66)(H,58,71)(H,59,72)(H,60,69)(H,61,70)/b16-15-. The van der Waals surface area contributed by atoms with E-state index in [2.05, 4.69) is 37.2 Å². The van der Waals surface area contributed by atoms with Gasteiger partial charge in [0.15, 0.2) is 11.6 Å². The second-order valence-electron chi connectivity index (χ2n) is 20.7. The van der Waals surface area contributed by atoms with E-state index < -0.39 is 89.4 Å². The highest BCUT2D eigenvalue weighted by Crippen LogP contribution is 2.43. The van der Waals surface area contributed by atoms with Crippen LogP contribution in [0.15, 0.2) is 72.8 Å². The Morgan fingerprint density at radius 2 is 0.987 bits per heavy atom. The molecule has 4 aliphatic heterocycles. The number of morpholine rings is 2. The molecule has 0 radical (unpaired) electrons. The fraction of sp³-hybridized carbons (Fsp3) is 0.574. The summed E-state index contributed by atoms with van der Waals surface area (Å²) in [5, 5.41) is 19.2. The molecule has 1 aliphatic carbocycles. The molecule has 10 unspecified atom stereocenters. The van der Waals surface area contributed by atoms with Gasteiger partial charge in [-0.2, -0.15) is 0 Å². The number of nitrogens with zero attached hydrogens (tertiary/aromatic N) is 2. The van der Waals surface area contributed by atoms with Crippen molar-refractivity contribution in [3.05, 3.63) is 83.9 Å². The summed E-state index contributed by atoms with van der Waals surface area (Å²) < 4.78 is 21.6. The van der Waals surface area contributed by atoms with Crippen LogP contribution in [0.25, 0.3) is 0 Å². The average Bonchev–Trinajstić information content (AvgIpc) is 4.37. The van der Waals surface area contributed by atoms with Crippen LogP contribution in [0.4, 0.5) is 0 Å². The zero-order chi connectivity index (χ0) is 54.4. The quantitative estimate of drug-likeness (QED) is 0.0377. The second-order valence-corrected chi connectivity index (χ2v) is 20.7. The number of ketones is 2. The van der Waals surface area contributed by atoms with Gasteiger partial charge in [0.05, 0.1) is 64.8 Å². The summed E-state index contributed by atoms with van der Waals surface area (Å²) in [5.74, 6) is -5.10. The molecule has 7 rings (SSSR count). The molecule has 76 heavy (non-hydrogen) atoms. The molecular formula is C54H73N9O13. The van der Waals surface area contributed by atoms with E-state index in [4.69, 9.17) is 18.9 Å². The van der Waals surface area contributed by atoms with Crippen LogP contribution < -0.4 is 37.2 Å². The fourth-order valence-electron chi connectivity index (χ4n) is 9.12. The molecule has 10 atom stereocenters. The fourth-order valence-corrected chi connectivity index (χ4v) is 9.12. The van der Waals surface area contributed by atoms with Gasteiger partial charge >= 0.3 is 0 Å². The molecule has 5 aliphatic rings. The van der Waals surface area contributed by atoms with Crippen molar-refractivity contribution in [3.63, 3.8) is 0 Å². The van der Waals surface area contributed by atoms with E-state index in [1.807, 2.05) is 70.5 Å². The van der Waals surface area contributed by atoms with E-state index in [9.17, 15) is 43.2 Å². The smallest absolute Gasteiger partial charge is 0.245 e. The van der Waals surface area contributed by atoms with E-state index in [0.29, 0.717) is 59.0 Å². The van der Waals surface area contributed by atoms with Crippen LogP contribution in [-0.2, 0) is 74.9 Å². The minimum Gasteiger partial charge on any atom is -0.379 e. The molecule has 4 heterocycles. The van der Waals surface area contributed by atoms with Crippen LogP contribution in [0.5, 0.6) is 0 Å². The van der Waals surface area contributed by atoms with Crippen LogP contribution in [0.3, 0.4) is 0 Å². The lowest BCUT2D eigenvalue weighted by Crippen LogP contribution is -2.59. The number of nitrogens with one attached hydrogen (secondary N) is 7. The maximum absolute atomic E-state index is 14.3. The van der Waals surface area contributed by atoms with Crippen molar-refractivity contribution in [1.29, 1.82) is 0 Å². The number of benzene rings is 2. The highest BCUT2D eigenvalue weighted by molar-refractivity contribution is 6.00. The number of hydrogen-bond donors (Lipinski definition) is 7. The Morgan fingerprint density at radius 3 is 1.42 bits per heavy atom. The third kappa shape index (κ3) is 17.3. The van der Waals surface area contributed by atoms with E-state index in [1.165, 1.54) is 19.9 Å². The van der Waals surface area contributed by atoms with Gasteiger partial charge < -0.3 is 56.2 Å². The summed E-state index contributed by atoms with van der Waals surface area (Å²) in [6.07, 6.45) is 3.93. The molecule has 0 bridgehead atoms. The number of rotatable bonds is 28. The lowest BCUT2D eigenvalue weighted by molar-refractivity contribution is -0.134. The van der Waals surface area contributed by atoms with Gasteiger partial charge in [0, 0.05) is 32.7 Å². The Labute approximate surface area is 442 Å². The molecule has 4 saturated heterocycles. The highest BCUT2D eigenvalue weighted by Gasteiger charge is 2.51. The molecule has 1 saturated carbocycles. The Hall–Kier alpha value is -6.43. The first-order valence-electron chi connectivity index (χ1n) is 26.2. The summed E-state index contributed by atoms with van der Waals surface area (Å²) in [4.78, 5) is 126. The molecule has 412 valence electrons. The first-order chi connectivity index (χ1) is 36.4. The molecule has 5 fully saturated rings. The van der Waals surface area contributed by atoms with E-state index in [0.717, 1.165) is 11.1 Å². The Bertz CT molecular complexity index is 2420. The number of amides is 7. The summed E-state index contributed by atoms with van der Waals surface area (Å²) in [6, 6.07) is 11.6. The molecule has 22 heteroatoms. The maximum Gasteiger partial charge on any atom is 0.245 e. The molecule has 2 aromatic rings. The van der Waals surface area contributed by atoms with Gasteiger partial charge in [0.25, 0.3) is 0 Å². The Balaban J connectivity index is 0.997. The number of ether oxygens (including phenoxy) is 4. The zero-order valence-electron chi connectivity index (χ0n) is 43.8.